The fourth-order valence-electron chi connectivity index (χ4n) is 3.65. The van der Waals surface area contributed by atoms with E-state index in [1.54, 1.807) is 37.4 Å². The number of carbonyl (C=O) groups is 1. The Balaban J connectivity index is 1.72. The van der Waals surface area contributed by atoms with Crippen LogP contribution in [-0.4, -0.2) is 44.2 Å². The van der Waals surface area contributed by atoms with E-state index in [1.165, 1.54) is 0 Å². The number of ether oxygens (including phenoxy) is 1. The Hall–Kier alpha value is -3.42. The minimum absolute atomic E-state index is 0.0477. The monoisotopic (exact) mass is 378 g/mol. The summed E-state index contributed by atoms with van der Waals surface area (Å²) in [6.07, 6.45) is 6.78. The molecule has 0 spiro atoms. The number of nitrogens with zero attached hydrogens (tertiary/aromatic N) is 5. The molecule has 1 amide bonds. The van der Waals surface area contributed by atoms with E-state index < -0.39 is 0 Å². The van der Waals surface area contributed by atoms with Gasteiger partial charge in [0.1, 0.15) is 5.75 Å². The van der Waals surface area contributed by atoms with Gasteiger partial charge in [0, 0.05) is 31.5 Å². The van der Waals surface area contributed by atoms with Crippen LogP contribution in [0.2, 0.25) is 0 Å². The normalized spacial score (nSPS) is 16.4. The highest BCUT2D eigenvalue weighted by Gasteiger charge is 2.34. The number of hydrogen-bond donors (Lipinski definition) is 1. The third kappa shape index (κ3) is 3.28. The maximum Gasteiger partial charge on any atom is 0.257 e. The fourth-order valence-corrected chi connectivity index (χ4v) is 3.65. The summed E-state index contributed by atoms with van der Waals surface area (Å²) in [6.45, 7) is 0.671. The summed E-state index contributed by atoms with van der Waals surface area (Å²) in [5, 5.41) is 4.11. The summed E-state index contributed by atoms with van der Waals surface area (Å²) in [5.74, 6) is 0.928. The Bertz CT molecular complexity index is 998. The summed E-state index contributed by atoms with van der Waals surface area (Å²) in [5.41, 5.74) is 9.06. The van der Waals surface area contributed by atoms with E-state index >= 15 is 0 Å². The molecule has 0 saturated carbocycles. The molecule has 3 aromatic rings. The number of carbonyl (C=O) groups excluding carboxylic acids is 1. The van der Waals surface area contributed by atoms with Crippen LogP contribution in [-0.2, 0) is 7.05 Å². The Morgan fingerprint density at radius 3 is 2.71 bits per heavy atom. The lowest BCUT2D eigenvalue weighted by atomic mass is 9.99. The van der Waals surface area contributed by atoms with Crippen LogP contribution in [0.4, 0.5) is 5.95 Å². The zero-order valence-corrected chi connectivity index (χ0v) is 15.9. The molecule has 144 valence electrons. The summed E-state index contributed by atoms with van der Waals surface area (Å²) < 4.78 is 6.87. The first kappa shape index (κ1) is 18.0. The minimum Gasteiger partial charge on any atom is -0.497 e. The highest BCUT2D eigenvalue weighted by molar-refractivity contribution is 5.94. The van der Waals surface area contributed by atoms with E-state index in [1.807, 2.05) is 29.2 Å². The lowest BCUT2D eigenvalue weighted by Crippen LogP contribution is -2.31. The topological polar surface area (TPSA) is 99.2 Å². The van der Waals surface area contributed by atoms with Crippen molar-refractivity contribution in [1.82, 2.24) is 24.6 Å². The predicted octanol–water partition coefficient (Wildman–Crippen LogP) is 2.45. The van der Waals surface area contributed by atoms with Gasteiger partial charge in [-0.3, -0.25) is 9.48 Å². The van der Waals surface area contributed by atoms with Gasteiger partial charge in [-0.05, 0) is 30.5 Å². The Morgan fingerprint density at radius 1 is 1.25 bits per heavy atom. The second-order valence-corrected chi connectivity index (χ2v) is 6.81. The molecular formula is C20H22N6O2. The van der Waals surface area contributed by atoms with Crippen molar-refractivity contribution >= 4 is 11.9 Å². The molecule has 3 heterocycles. The number of likely N-dealkylation sites (tertiary alicyclic amines) is 1. The van der Waals surface area contributed by atoms with Crippen LogP contribution < -0.4 is 10.5 Å². The van der Waals surface area contributed by atoms with E-state index in [0.29, 0.717) is 12.1 Å². The number of anilines is 1. The van der Waals surface area contributed by atoms with Crippen molar-refractivity contribution in [1.29, 1.82) is 0 Å². The van der Waals surface area contributed by atoms with Crippen molar-refractivity contribution in [2.24, 2.45) is 7.05 Å². The first-order valence-corrected chi connectivity index (χ1v) is 9.13. The predicted molar refractivity (Wildman–Crippen MR) is 105 cm³/mol. The summed E-state index contributed by atoms with van der Waals surface area (Å²) >= 11 is 0. The van der Waals surface area contributed by atoms with Gasteiger partial charge >= 0.3 is 0 Å². The van der Waals surface area contributed by atoms with E-state index in [0.717, 1.165) is 35.4 Å². The highest BCUT2D eigenvalue weighted by Crippen LogP contribution is 2.37. The summed E-state index contributed by atoms with van der Waals surface area (Å²) in [6, 6.07) is 7.54. The lowest BCUT2D eigenvalue weighted by Gasteiger charge is -2.25. The largest absolute Gasteiger partial charge is 0.497 e. The Labute approximate surface area is 163 Å². The van der Waals surface area contributed by atoms with Crippen LogP contribution in [0.5, 0.6) is 5.75 Å². The molecule has 0 radical (unpaired) electrons. The van der Waals surface area contributed by atoms with E-state index in [4.69, 9.17) is 10.5 Å². The van der Waals surface area contributed by atoms with Crippen LogP contribution in [0, 0.1) is 0 Å². The number of methoxy groups -OCH3 is 1. The van der Waals surface area contributed by atoms with Gasteiger partial charge < -0.3 is 15.4 Å². The third-order valence-corrected chi connectivity index (χ3v) is 5.02. The van der Waals surface area contributed by atoms with E-state index in [-0.39, 0.29) is 17.9 Å². The molecule has 0 aliphatic carbocycles. The molecule has 1 fully saturated rings. The van der Waals surface area contributed by atoms with Gasteiger partial charge in [0.2, 0.25) is 5.95 Å². The molecule has 28 heavy (non-hydrogen) atoms. The number of benzene rings is 1. The minimum atomic E-state index is -0.157. The van der Waals surface area contributed by atoms with Crippen molar-refractivity contribution < 1.29 is 9.53 Å². The van der Waals surface area contributed by atoms with Crippen molar-refractivity contribution in [3.05, 3.63) is 54.1 Å². The molecular weight excluding hydrogens is 356 g/mol. The van der Waals surface area contributed by atoms with E-state index in [2.05, 4.69) is 15.1 Å². The van der Waals surface area contributed by atoms with E-state index in [9.17, 15) is 4.79 Å². The second kappa shape index (κ2) is 7.30. The van der Waals surface area contributed by atoms with Gasteiger partial charge in [-0.15, -0.1) is 0 Å². The average Bonchev–Trinajstić information content (AvgIpc) is 3.37. The van der Waals surface area contributed by atoms with Gasteiger partial charge in [0.05, 0.1) is 30.6 Å². The fraction of sp³-hybridized carbons (Fsp3) is 0.300. The molecule has 1 aromatic carbocycles. The Kier molecular flexibility index (Phi) is 4.68. The quantitative estimate of drug-likeness (QED) is 0.749. The molecule has 2 N–H and O–H groups in total. The molecule has 1 aliphatic heterocycles. The van der Waals surface area contributed by atoms with Gasteiger partial charge in [-0.25, -0.2) is 9.97 Å². The van der Waals surface area contributed by atoms with Crippen LogP contribution in [0.3, 0.4) is 0 Å². The summed E-state index contributed by atoms with van der Waals surface area (Å²) in [7, 11) is 3.43. The molecule has 1 saturated heterocycles. The number of nitrogen functional groups attached to an aromatic ring is 1. The molecule has 8 nitrogen and oxygen atoms in total. The molecule has 2 aromatic heterocycles. The highest BCUT2D eigenvalue weighted by atomic mass is 16.5. The molecule has 0 unspecified atom stereocenters. The molecule has 1 aliphatic rings. The maximum absolute atomic E-state index is 13.0. The zero-order chi connectivity index (χ0) is 19.7. The van der Waals surface area contributed by atoms with Crippen molar-refractivity contribution in [2.75, 3.05) is 19.4 Å². The standard InChI is InChI=1S/C20H22N6O2/c1-25-12-14(10-23-25)19(27)26-9-3-4-17(26)18-16(11-22-20(21)24-18)13-5-7-15(28-2)8-6-13/h5-8,10-12,17H,3-4,9H2,1-2H3,(H2,21,22,24)/t17-/m0/s1. The van der Waals surface area contributed by atoms with Gasteiger partial charge in [0.15, 0.2) is 0 Å². The average molecular weight is 378 g/mol. The number of aromatic nitrogens is 4. The van der Waals surface area contributed by atoms with Crippen molar-refractivity contribution in [3.63, 3.8) is 0 Å². The maximum atomic E-state index is 13.0. The molecule has 1 atom stereocenters. The number of aryl methyl sites for hydroxylation is 1. The van der Waals surface area contributed by atoms with Gasteiger partial charge in [-0.2, -0.15) is 5.10 Å². The first-order valence-electron chi connectivity index (χ1n) is 9.13. The number of amides is 1. The van der Waals surface area contributed by atoms with Crippen LogP contribution in [0.1, 0.15) is 34.9 Å². The van der Waals surface area contributed by atoms with Crippen LogP contribution >= 0.6 is 0 Å². The smallest absolute Gasteiger partial charge is 0.257 e. The molecule has 4 rings (SSSR count). The SMILES string of the molecule is COc1ccc(-c2cnc(N)nc2[C@@H]2CCCN2C(=O)c2cnn(C)c2)cc1. The number of rotatable bonds is 4. The Morgan fingerprint density at radius 2 is 2.04 bits per heavy atom. The van der Waals surface area contributed by atoms with Crippen LogP contribution in [0.15, 0.2) is 42.9 Å². The first-order chi connectivity index (χ1) is 13.6. The van der Waals surface area contributed by atoms with Crippen molar-refractivity contribution in [2.45, 2.75) is 18.9 Å². The summed E-state index contributed by atoms with van der Waals surface area (Å²) in [4.78, 5) is 23.6. The second-order valence-electron chi connectivity index (χ2n) is 6.81. The van der Waals surface area contributed by atoms with Gasteiger partial charge in [0.25, 0.3) is 5.91 Å². The van der Waals surface area contributed by atoms with Crippen LogP contribution in [0.25, 0.3) is 11.1 Å². The zero-order valence-electron chi connectivity index (χ0n) is 15.9. The lowest BCUT2D eigenvalue weighted by molar-refractivity contribution is 0.0733. The number of nitrogens with two attached hydrogens (primary N) is 1. The van der Waals surface area contributed by atoms with Crippen molar-refractivity contribution in [3.8, 4) is 16.9 Å². The molecule has 0 bridgehead atoms. The molecule has 8 heteroatoms. The third-order valence-electron chi connectivity index (χ3n) is 5.02. The van der Waals surface area contributed by atoms with Gasteiger partial charge in [-0.1, -0.05) is 12.1 Å². The number of hydrogen-bond acceptors (Lipinski definition) is 6.